The third-order valence-electron chi connectivity index (χ3n) is 3.69. The Hall–Kier alpha value is -2.13. The van der Waals surface area contributed by atoms with E-state index in [1.165, 1.54) is 18.3 Å². The fourth-order valence-corrected chi connectivity index (χ4v) is 2.95. The van der Waals surface area contributed by atoms with E-state index >= 15 is 0 Å². The second kappa shape index (κ2) is 7.83. The molecule has 0 aliphatic carbocycles. The first-order valence-corrected chi connectivity index (χ1v) is 8.16. The van der Waals surface area contributed by atoms with Crippen LogP contribution in [0.3, 0.4) is 0 Å². The van der Waals surface area contributed by atoms with Crippen molar-refractivity contribution >= 4 is 34.7 Å². The van der Waals surface area contributed by atoms with Gasteiger partial charge in [-0.3, -0.25) is 9.00 Å². The van der Waals surface area contributed by atoms with Gasteiger partial charge in [0.05, 0.1) is 0 Å². The Labute approximate surface area is 151 Å². The fraction of sp³-hybridized carbons (Fsp3) is 0.125. The van der Waals surface area contributed by atoms with E-state index < -0.39 is 23.1 Å². The molecule has 0 saturated heterocycles. The van der Waals surface area contributed by atoms with E-state index in [1.807, 2.05) is 0 Å². The van der Waals surface area contributed by atoms with Crippen molar-refractivity contribution in [2.75, 3.05) is 0 Å². The molecule has 0 bridgehead atoms. The Morgan fingerprint density at radius 3 is 2.68 bits per heavy atom. The largest absolute Gasteiger partial charge is 0.760 e. The number of H-pyrrole nitrogens is 1. The van der Waals surface area contributed by atoms with Crippen LogP contribution in [-0.4, -0.2) is 18.7 Å². The van der Waals surface area contributed by atoms with Gasteiger partial charge in [-0.15, -0.1) is 12.4 Å². The predicted octanol–water partition coefficient (Wildman–Crippen LogP) is 2.60. The van der Waals surface area contributed by atoms with Crippen molar-refractivity contribution in [2.24, 2.45) is 0 Å². The molecular weight excluding hydrogens is 369 g/mol. The van der Waals surface area contributed by atoms with E-state index in [0.717, 1.165) is 0 Å². The Morgan fingerprint density at radius 2 is 2.00 bits per heavy atom. The lowest BCUT2D eigenvalue weighted by atomic mass is 9.99. The molecule has 2 N–H and O–H groups in total. The number of aromatic amines is 1. The molecule has 3 aromatic rings. The van der Waals surface area contributed by atoms with Gasteiger partial charge in [-0.25, -0.2) is 14.1 Å². The van der Waals surface area contributed by atoms with Crippen molar-refractivity contribution in [2.45, 2.75) is 13.0 Å². The quantitative estimate of drug-likeness (QED) is 0.677. The lowest BCUT2D eigenvalue weighted by molar-refractivity contribution is 0.511. The third kappa shape index (κ3) is 4.10. The molecule has 0 fully saturated rings. The number of rotatable bonds is 4. The summed E-state index contributed by atoms with van der Waals surface area (Å²) in [7, 11) is 0. The summed E-state index contributed by atoms with van der Waals surface area (Å²) in [6.45, 7) is 1.62. The van der Waals surface area contributed by atoms with Gasteiger partial charge in [0.25, 0.3) is 0 Å². The summed E-state index contributed by atoms with van der Waals surface area (Å²) in [5.41, 5.74) is 1.53. The number of halogens is 2. The topological polar surface area (TPSA) is 97.9 Å². The minimum Gasteiger partial charge on any atom is -0.760 e. The van der Waals surface area contributed by atoms with Gasteiger partial charge < -0.3 is 9.54 Å². The molecule has 0 amide bonds. The van der Waals surface area contributed by atoms with Crippen molar-refractivity contribution in [1.29, 1.82) is 0 Å². The average Bonchev–Trinajstić information content (AvgIpc) is 2.53. The Bertz CT molecular complexity index is 996. The van der Waals surface area contributed by atoms with Crippen LogP contribution in [-0.2, 0) is 11.3 Å². The number of nitrogens with zero attached hydrogens (tertiary/aromatic N) is 1. The molecule has 2 heterocycles. The minimum absolute atomic E-state index is 0. The number of fused-ring (bicyclic) bond motifs is 1. The van der Waals surface area contributed by atoms with Crippen LogP contribution in [0.2, 0.25) is 0 Å². The standard InChI is InChI=1S/C16H14FN3O3S.ClH/c1-9(20-24(22)23)10-2-3-12(14(17)8-10)11-6-7-18-16-13(11)4-5-15(21)19-16;/h2-9,20H,1H3,(H,22,23)(H,18,19,21);1H/p-1/t9-;/m1./s1. The van der Waals surface area contributed by atoms with Gasteiger partial charge in [-0.2, -0.15) is 0 Å². The maximum atomic E-state index is 14.6. The van der Waals surface area contributed by atoms with Crippen LogP contribution in [0.1, 0.15) is 18.5 Å². The molecule has 0 aliphatic rings. The van der Waals surface area contributed by atoms with Crippen LogP contribution in [0.5, 0.6) is 0 Å². The van der Waals surface area contributed by atoms with E-state index in [-0.39, 0.29) is 18.0 Å². The highest BCUT2D eigenvalue weighted by Crippen LogP contribution is 2.30. The number of pyridine rings is 2. The molecule has 25 heavy (non-hydrogen) atoms. The molecule has 6 nitrogen and oxygen atoms in total. The van der Waals surface area contributed by atoms with Gasteiger partial charge >= 0.3 is 0 Å². The first-order chi connectivity index (χ1) is 11.5. The second-order valence-corrected chi connectivity index (χ2v) is 5.96. The second-order valence-electron chi connectivity index (χ2n) is 5.26. The van der Waals surface area contributed by atoms with Crippen molar-refractivity contribution in [3.63, 3.8) is 0 Å². The number of aromatic nitrogens is 2. The van der Waals surface area contributed by atoms with E-state index in [1.54, 1.807) is 31.2 Å². The van der Waals surface area contributed by atoms with Gasteiger partial charge in [0.1, 0.15) is 11.5 Å². The lowest BCUT2D eigenvalue weighted by Gasteiger charge is -2.17. The van der Waals surface area contributed by atoms with Gasteiger partial charge in [0, 0.05) is 40.5 Å². The summed E-state index contributed by atoms with van der Waals surface area (Å²) in [6, 6.07) is 8.59. The van der Waals surface area contributed by atoms with Crippen LogP contribution in [0.15, 0.2) is 47.4 Å². The first-order valence-electron chi connectivity index (χ1n) is 7.09. The molecule has 132 valence electrons. The SMILES string of the molecule is C[C@@H](NS(=O)[O-])c1ccc(-c2ccnc3[nH]c(=O)ccc23)c(F)c1.Cl. The predicted molar refractivity (Wildman–Crippen MR) is 95.5 cm³/mol. The highest BCUT2D eigenvalue weighted by atomic mass is 35.5. The molecule has 9 heteroatoms. The van der Waals surface area contributed by atoms with Gasteiger partial charge in [0.2, 0.25) is 5.56 Å². The summed E-state index contributed by atoms with van der Waals surface area (Å²) in [4.78, 5) is 18.1. The molecule has 2 aromatic heterocycles. The molecule has 0 aliphatic heterocycles. The molecule has 0 spiro atoms. The smallest absolute Gasteiger partial charge is 0.249 e. The summed E-state index contributed by atoms with van der Waals surface area (Å²) < 4.78 is 38.2. The number of benzene rings is 1. The van der Waals surface area contributed by atoms with Crippen LogP contribution < -0.4 is 10.3 Å². The summed E-state index contributed by atoms with van der Waals surface area (Å²) >= 11 is -2.43. The summed E-state index contributed by atoms with van der Waals surface area (Å²) in [5.74, 6) is -0.489. The molecular formula is C16H14ClFN3O3S-. The monoisotopic (exact) mass is 382 g/mol. The molecule has 2 atom stereocenters. The lowest BCUT2D eigenvalue weighted by Crippen LogP contribution is -2.20. The maximum absolute atomic E-state index is 14.6. The molecule has 1 aromatic carbocycles. The summed E-state index contributed by atoms with van der Waals surface area (Å²) in [6.07, 6.45) is 1.49. The number of nitrogens with one attached hydrogen (secondary N) is 2. The van der Waals surface area contributed by atoms with Crippen molar-refractivity contribution in [1.82, 2.24) is 14.7 Å². The minimum atomic E-state index is -2.43. The molecule has 0 saturated carbocycles. The fourth-order valence-electron chi connectivity index (χ4n) is 2.53. The highest BCUT2D eigenvalue weighted by Gasteiger charge is 2.13. The normalized spacial score (nSPS) is 13.2. The van der Waals surface area contributed by atoms with Crippen molar-refractivity contribution < 1.29 is 13.2 Å². The zero-order chi connectivity index (χ0) is 17.3. The van der Waals surface area contributed by atoms with Crippen LogP contribution in [0.25, 0.3) is 22.2 Å². The Balaban J connectivity index is 0.00000225. The zero-order valence-corrected chi connectivity index (χ0v) is 14.6. The Morgan fingerprint density at radius 1 is 1.24 bits per heavy atom. The molecule has 0 radical (unpaired) electrons. The third-order valence-corrected chi connectivity index (χ3v) is 4.24. The van der Waals surface area contributed by atoms with Crippen LogP contribution in [0.4, 0.5) is 4.39 Å². The Kier molecular flexibility index (Phi) is 6.02. The average molecular weight is 383 g/mol. The highest BCUT2D eigenvalue weighted by molar-refractivity contribution is 7.77. The van der Waals surface area contributed by atoms with E-state index in [0.29, 0.717) is 27.7 Å². The number of hydrogen-bond acceptors (Lipinski definition) is 4. The maximum Gasteiger partial charge on any atom is 0.249 e. The van der Waals surface area contributed by atoms with E-state index in [9.17, 15) is 17.9 Å². The van der Waals surface area contributed by atoms with E-state index in [4.69, 9.17) is 0 Å². The first kappa shape index (κ1) is 19.2. The van der Waals surface area contributed by atoms with Crippen LogP contribution >= 0.6 is 12.4 Å². The van der Waals surface area contributed by atoms with Gasteiger partial charge in [-0.05, 0) is 36.2 Å². The van der Waals surface area contributed by atoms with Gasteiger partial charge in [-0.1, -0.05) is 12.1 Å². The van der Waals surface area contributed by atoms with Crippen molar-refractivity contribution in [3.8, 4) is 11.1 Å². The molecule has 1 unspecified atom stereocenters. The zero-order valence-electron chi connectivity index (χ0n) is 13.0. The van der Waals surface area contributed by atoms with Gasteiger partial charge in [0.15, 0.2) is 0 Å². The van der Waals surface area contributed by atoms with E-state index in [2.05, 4.69) is 14.7 Å². The molecule has 3 rings (SSSR count). The number of hydrogen-bond donors (Lipinski definition) is 2. The van der Waals surface area contributed by atoms with Crippen molar-refractivity contribution in [3.05, 3.63) is 64.3 Å². The van der Waals surface area contributed by atoms with Crippen LogP contribution in [0, 0.1) is 5.82 Å². The summed E-state index contributed by atoms with van der Waals surface area (Å²) in [5, 5.41) is 0.621.